The van der Waals surface area contributed by atoms with Crippen LogP contribution in [0.1, 0.15) is 201 Å². The first kappa shape index (κ1) is 52.3. The van der Waals surface area contributed by atoms with Crippen molar-refractivity contribution >= 4 is 11.9 Å². The molecule has 0 aliphatic rings. The van der Waals surface area contributed by atoms with E-state index in [2.05, 4.69) is 50.4 Å². The second-order valence-corrected chi connectivity index (χ2v) is 15.2. The van der Waals surface area contributed by atoms with Crippen LogP contribution in [-0.2, 0) is 14.3 Å². The molecule has 3 N–H and O–H groups in total. The van der Waals surface area contributed by atoms with Gasteiger partial charge < -0.3 is 20.3 Å². The Hall–Kier alpha value is -2.70. The zero-order valence-electron chi connectivity index (χ0n) is 35.8. The molecule has 0 aromatic rings. The van der Waals surface area contributed by atoms with Crippen LogP contribution in [0, 0.1) is 0 Å². The number of carbonyl (C=O) groups is 2. The van der Waals surface area contributed by atoms with Crippen LogP contribution in [-0.4, -0.2) is 46.9 Å². The number of hydrogen-bond donors (Lipinski definition) is 3. The van der Waals surface area contributed by atoms with Crippen molar-refractivity contribution in [2.45, 2.75) is 219 Å². The monoisotopic (exact) mass is 768 g/mol. The molecule has 0 spiro atoms. The highest BCUT2D eigenvalue weighted by molar-refractivity contribution is 5.77. The Labute approximate surface area is 339 Å². The lowest BCUT2D eigenvalue weighted by Gasteiger charge is -2.24. The Morgan fingerprint density at radius 3 is 1.62 bits per heavy atom. The summed E-state index contributed by atoms with van der Waals surface area (Å²) in [5, 5.41) is 23.6. The number of hydrogen-bond acceptors (Lipinski definition) is 5. The summed E-state index contributed by atoms with van der Waals surface area (Å²) < 4.78 is 5.85. The number of unbranched alkanes of at least 4 members (excludes halogenated alkanes) is 19. The Balaban J connectivity index is 4.74. The third-order valence-electron chi connectivity index (χ3n) is 9.90. The maximum Gasteiger partial charge on any atom is 0.306 e. The van der Waals surface area contributed by atoms with E-state index in [1.54, 1.807) is 0 Å². The molecular weight excluding hydrogens is 683 g/mol. The normalized spacial score (nSPS) is 14.1. The number of allylic oxidation sites excluding steroid dienone is 12. The molecule has 0 rings (SSSR count). The molecule has 3 unspecified atom stereocenters. The van der Waals surface area contributed by atoms with E-state index in [-0.39, 0.29) is 24.9 Å². The molecule has 55 heavy (non-hydrogen) atoms. The summed E-state index contributed by atoms with van der Waals surface area (Å²) in [6.45, 7) is 6.25. The third kappa shape index (κ3) is 38.0. The Morgan fingerprint density at radius 1 is 0.545 bits per heavy atom. The van der Waals surface area contributed by atoms with Gasteiger partial charge in [-0.2, -0.15) is 0 Å². The molecule has 0 aliphatic heterocycles. The molecule has 1 amide bonds. The average Bonchev–Trinajstić information content (AvgIpc) is 3.18. The predicted octanol–water partition coefficient (Wildman–Crippen LogP) is 13.1. The van der Waals surface area contributed by atoms with Gasteiger partial charge in [0.1, 0.15) is 6.10 Å². The van der Waals surface area contributed by atoms with Gasteiger partial charge in [0.15, 0.2) is 0 Å². The molecule has 3 atom stereocenters. The number of esters is 1. The molecule has 316 valence electrons. The number of aliphatic hydroxyl groups is 2. The van der Waals surface area contributed by atoms with Crippen LogP contribution in [0.3, 0.4) is 0 Å². The molecule has 0 aromatic heterocycles. The van der Waals surface area contributed by atoms with Gasteiger partial charge >= 0.3 is 5.97 Å². The summed E-state index contributed by atoms with van der Waals surface area (Å²) in [5.41, 5.74) is 0. The van der Waals surface area contributed by atoms with E-state index < -0.39 is 18.2 Å². The molecular formula is C49H85NO5. The van der Waals surface area contributed by atoms with Crippen LogP contribution in [0.25, 0.3) is 0 Å². The van der Waals surface area contributed by atoms with Crippen molar-refractivity contribution < 1.29 is 24.5 Å². The minimum absolute atomic E-state index is 0.0225. The minimum Gasteiger partial charge on any atom is -0.462 e. The van der Waals surface area contributed by atoms with Crippen LogP contribution >= 0.6 is 0 Å². The lowest BCUT2D eigenvalue weighted by Crippen LogP contribution is -2.46. The molecule has 0 radical (unpaired) electrons. The minimum atomic E-state index is -0.808. The summed E-state index contributed by atoms with van der Waals surface area (Å²) in [6, 6.07) is -0.726. The second kappa shape index (κ2) is 42.4. The van der Waals surface area contributed by atoms with Crippen molar-refractivity contribution in [3.63, 3.8) is 0 Å². The lowest BCUT2D eigenvalue weighted by atomic mass is 10.0. The molecule has 0 aromatic carbocycles. The van der Waals surface area contributed by atoms with E-state index in [0.717, 1.165) is 64.2 Å². The highest BCUT2D eigenvalue weighted by Crippen LogP contribution is 2.16. The fourth-order valence-corrected chi connectivity index (χ4v) is 6.44. The summed E-state index contributed by atoms with van der Waals surface area (Å²) in [5.74, 6) is -0.564. The Morgan fingerprint density at radius 2 is 1.04 bits per heavy atom. The summed E-state index contributed by atoms with van der Waals surface area (Å²) in [4.78, 5) is 25.9. The first-order valence-electron chi connectivity index (χ1n) is 22.7. The second-order valence-electron chi connectivity index (χ2n) is 15.2. The highest BCUT2D eigenvalue weighted by Gasteiger charge is 2.24. The molecule has 6 heteroatoms. The molecule has 0 aliphatic carbocycles. The van der Waals surface area contributed by atoms with Crippen LogP contribution in [0.15, 0.2) is 72.9 Å². The maximum absolute atomic E-state index is 13.1. The zero-order valence-corrected chi connectivity index (χ0v) is 35.8. The van der Waals surface area contributed by atoms with Gasteiger partial charge in [-0.05, 0) is 57.8 Å². The van der Waals surface area contributed by atoms with Gasteiger partial charge in [-0.15, -0.1) is 0 Å². The number of ether oxygens (including phenoxy) is 1. The molecule has 0 bridgehead atoms. The van der Waals surface area contributed by atoms with E-state index in [1.807, 2.05) is 48.6 Å². The van der Waals surface area contributed by atoms with Gasteiger partial charge in [-0.25, -0.2) is 0 Å². The lowest BCUT2D eigenvalue weighted by molar-refractivity contribution is -0.151. The van der Waals surface area contributed by atoms with Crippen LogP contribution < -0.4 is 5.32 Å². The Kier molecular flexibility index (Phi) is 40.4. The first-order chi connectivity index (χ1) is 27.0. The zero-order chi connectivity index (χ0) is 40.3. The Bertz CT molecular complexity index is 1040. The summed E-state index contributed by atoms with van der Waals surface area (Å²) >= 11 is 0. The van der Waals surface area contributed by atoms with Gasteiger partial charge in [-0.1, -0.05) is 203 Å². The van der Waals surface area contributed by atoms with E-state index in [4.69, 9.17) is 4.74 Å². The summed E-state index contributed by atoms with van der Waals surface area (Å²) in [6.07, 6.45) is 52.5. The van der Waals surface area contributed by atoms with E-state index >= 15 is 0 Å². The van der Waals surface area contributed by atoms with Crippen molar-refractivity contribution in [2.24, 2.45) is 0 Å². The number of nitrogens with one attached hydrogen (secondary N) is 1. The number of rotatable bonds is 39. The number of amides is 1. The topological polar surface area (TPSA) is 95.9 Å². The molecule has 0 fully saturated rings. The third-order valence-corrected chi connectivity index (χ3v) is 9.90. The van der Waals surface area contributed by atoms with Gasteiger partial charge in [0.25, 0.3) is 0 Å². The van der Waals surface area contributed by atoms with E-state index in [1.165, 1.54) is 89.9 Å². The fourth-order valence-electron chi connectivity index (χ4n) is 6.44. The molecule has 0 saturated heterocycles. The van der Waals surface area contributed by atoms with Crippen LogP contribution in [0.5, 0.6) is 0 Å². The van der Waals surface area contributed by atoms with Crippen molar-refractivity contribution in [1.82, 2.24) is 5.32 Å². The van der Waals surface area contributed by atoms with E-state index in [0.29, 0.717) is 19.3 Å². The maximum atomic E-state index is 13.1. The summed E-state index contributed by atoms with van der Waals surface area (Å²) in [7, 11) is 0. The van der Waals surface area contributed by atoms with Crippen molar-refractivity contribution in [2.75, 3.05) is 6.61 Å². The van der Waals surface area contributed by atoms with Gasteiger partial charge in [0.2, 0.25) is 5.91 Å². The van der Waals surface area contributed by atoms with Gasteiger partial charge in [0.05, 0.1) is 25.2 Å². The number of carbonyl (C=O) groups excluding carboxylic acids is 2. The molecule has 6 nitrogen and oxygen atoms in total. The fraction of sp³-hybridized carbons (Fsp3) is 0.714. The SMILES string of the molecule is CC/C=C/C=C/C=C\C=C/C=C/CCCC(CC(=O)NC(CO)C(O)CCCCCCCCCCCCCC)OC(=O)CCCCCCC/C=C\CCCC. The molecule has 0 heterocycles. The quantitative estimate of drug-likeness (QED) is 0.0250. The largest absolute Gasteiger partial charge is 0.462 e. The number of aliphatic hydroxyl groups excluding tert-OH is 2. The highest BCUT2D eigenvalue weighted by atomic mass is 16.5. The smallest absolute Gasteiger partial charge is 0.306 e. The predicted molar refractivity (Wildman–Crippen MR) is 236 cm³/mol. The van der Waals surface area contributed by atoms with Crippen LogP contribution in [0.2, 0.25) is 0 Å². The van der Waals surface area contributed by atoms with Crippen molar-refractivity contribution in [3.8, 4) is 0 Å². The first-order valence-corrected chi connectivity index (χ1v) is 22.7. The van der Waals surface area contributed by atoms with Gasteiger partial charge in [-0.3, -0.25) is 9.59 Å². The van der Waals surface area contributed by atoms with Gasteiger partial charge in [0, 0.05) is 6.42 Å². The van der Waals surface area contributed by atoms with E-state index in [9.17, 15) is 19.8 Å². The van der Waals surface area contributed by atoms with Crippen LogP contribution in [0.4, 0.5) is 0 Å². The van der Waals surface area contributed by atoms with Crippen molar-refractivity contribution in [3.05, 3.63) is 72.9 Å². The average molecular weight is 768 g/mol. The molecule has 0 saturated carbocycles. The van der Waals surface area contributed by atoms with Crippen molar-refractivity contribution in [1.29, 1.82) is 0 Å². The standard InChI is InChI=1S/C49H85NO5/c1-4-7-10-13-16-19-22-24-26-28-31-34-37-40-45(55-49(54)42-39-36-33-30-25-21-18-15-12-9-6-3)43-48(53)50-46(44-51)47(52)41-38-35-32-29-27-23-20-17-14-11-8-5-2/h7,10,13,15-16,18-19,22,24,26,28,31,45-47,51-52H,4-6,8-9,11-12,14,17,20-21,23,25,27,29-30,32-44H2,1-3H3,(H,50,53)/b10-7+,16-13+,18-15-,22-19-,26-24-,31-28+.